The minimum Gasteiger partial charge on any atom is -0.495 e. The zero-order chi connectivity index (χ0) is 16.3. The van der Waals surface area contributed by atoms with E-state index in [4.69, 9.17) is 22.1 Å². The molecule has 0 aliphatic rings. The fourth-order valence-electron chi connectivity index (χ4n) is 2.29. The molecule has 0 bridgehead atoms. The number of aryl methyl sites for hydroxylation is 1. The number of amides is 2. The summed E-state index contributed by atoms with van der Waals surface area (Å²) >= 11 is 6.10. The average molecular weight is 321 g/mol. The molecule has 3 N–H and O–H groups in total. The highest BCUT2D eigenvalue weighted by molar-refractivity contribution is 6.30. The Morgan fingerprint density at radius 2 is 2.14 bits per heavy atom. The maximum atomic E-state index is 10.7. The van der Waals surface area contributed by atoms with E-state index in [1.54, 1.807) is 19.4 Å². The first-order valence-electron chi connectivity index (χ1n) is 6.55. The van der Waals surface area contributed by atoms with Gasteiger partial charge in [-0.2, -0.15) is 5.10 Å². The Hall–Kier alpha value is -2.47. The van der Waals surface area contributed by atoms with Gasteiger partial charge in [-0.25, -0.2) is 10.2 Å². The van der Waals surface area contributed by atoms with Crippen LogP contribution in [0, 0.1) is 13.8 Å². The van der Waals surface area contributed by atoms with E-state index in [0.717, 1.165) is 22.6 Å². The number of urea groups is 1. The SMILES string of the molecule is COc1ccc(Cl)cc1-n1c(C)cc(C=NNC(N)=O)c1C. The molecule has 0 fully saturated rings. The topological polar surface area (TPSA) is 81.6 Å². The van der Waals surface area contributed by atoms with Gasteiger partial charge in [-0.1, -0.05) is 11.6 Å². The number of carbonyl (C=O) groups excluding carboxylic acids is 1. The van der Waals surface area contributed by atoms with Gasteiger partial charge in [-0.05, 0) is 38.1 Å². The third-order valence-corrected chi connectivity index (χ3v) is 3.47. The van der Waals surface area contributed by atoms with Crippen LogP contribution < -0.4 is 15.9 Å². The second-order valence-electron chi connectivity index (χ2n) is 4.71. The lowest BCUT2D eigenvalue weighted by molar-refractivity contribution is 0.249. The quantitative estimate of drug-likeness (QED) is 0.671. The number of hydrogen-bond donors (Lipinski definition) is 2. The van der Waals surface area contributed by atoms with Gasteiger partial charge in [0.15, 0.2) is 0 Å². The smallest absolute Gasteiger partial charge is 0.332 e. The summed E-state index contributed by atoms with van der Waals surface area (Å²) in [7, 11) is 1.61. The number of aromatic nitrogens is 1. The van der Waals surface area contributed by atoms with Gasteiger partial charge in [-0.15, -0.1) is 0 Å². The number of rotatable bonds is 4. The summed E-state index contributed by atoms with van der Waals surface area (Å²) in [5, 5.41) is 4.41. The van der Waals surface area contributed by atoms with E-state index in [2.05, 4.69) is 10.5 Å². The van der Waals surface area contributed by atoms with E-state index in [-0.39, 0.29) is 0 Å². The van der Waals surface area contributed by atoms with Gasteiger partial charge in [0, 0.05) is 22.0 Å². The Kier molecular flexibility index (Phi) is 4.72. The largest absolute Gasteiger partial charge is 0.495 e. The molecular weight excluding hydrogens is 304 g/mol. The Morgan fingerprint density at radius 1 is 1.41 bits per heavy atom. The first-order chi connectivity index (χ1) is 10.4. The fourth-order valence-corrected chi connectivity index (χ4v) is 2.46. The van der Waals surface area contributed by atoms with Crippen molar-refractivity contribution < 1.29 is 9.53 Å². The first kappa shape index (κ1) is 15.9. The van der Waals surface area contributed by atoms with Crippen molar-refractivity contribution in [3.63, 3.8) is 0 Å². The van der Waals surface area contributed by atoms with Crippen molar-refractivity contribution in [1.82, 2.24) is 9.99 Å². The van der Waals surface area contributed by atoms with Gasteiger partial charge in [0.25, 0.3) is 0 Å². The van der Waals surface area contributed by atoms with E-state index in [0.29, 0.717) is 10.8 Å². The van der Waals surface area contributed by atoms with Gasteiger partial charge in [0.1, 0.15) is 5.75 Å². The number of nitrogens with two attached hydrogens (primary N) is 1. The van der Waals surface area contributed by atoms with E-state index < -0.39 is 6.03 Å². The molecule has 1 aromatic carbocycles. The van der Waals surface area contributed by atoms with Crippen molar-refractivity contribution in [2.75, 3.05) is 7.11 Å². The molecule has 0 aliphatic carbocycles. The van der Waals surface area contributed by atoms with Crippen molar-refractivity contribution >= 4 is 23.8 Å². The van der Waals surface area contributed by atoms with Crippen LogP contribution in [0.4, 0.5) is 4.79 Å². The molecule has 7 heteroatoms. The molecule has 2 aromatic rings. The summed E-state index contributed by atoms with van der Waals surface area (Å²) in [4.78, 5) is 10.7. The molecule has 2 rings (SSSR count). The number of ether oxygens (including phenoxy) is 1. The highest BCUT2D eigenvalue weighted by Crippen LogP contribution is 2.30. The molecule has 0 saturated carbocycles. The Balaban J connectivity index is 2.49. The molecule has 2 amide bonds. The van der Waals surface area contributed by atoms with Crippen LogP contribution in [0.5, 0.6) is 5.75 Å². The summed E-state index contributed by atoms with van der Waals surface area (Å²) in [6.45, 7) is 3.91. The van der Waals surface area contributed by atoms with Crippen LogP contribution in [0.2, 0.25) is 5.02 Å². The van der Waals surface area contributed by atoms with Crippen molar-refractivity contribution in [2.24, 2.45) is 10.8 Å². The van der Waals surface area contributed by atoms with E-state index in [1.807, 2.05) is 36.6 Å². The number of nitrogens with zero attached hydrogens (tertiary/aromatic N) is 2. The van der Waals surface area contributed by atoms with Gasteiger partial charge >= 0.3 is 6.03 Å². The van der Waals surface area contributed by atoms with Crippen LogP contribution >= 0.6 is 11.6 Å². The number of methoxy groups -OCH3 is 1. The minimum atomic E-state index is -0.707. The monoisotopic (exact) mass is 320 g/mol. The van der Waals surface area contributed by atoms with E-state index in [1.165, 1.54) is 0 Å². The Labute approximate surface area is 133 Å². The highest BCUT2D eigenvalue weighted by Gasteiger charge is 2.13. The fraction of sp³-hybridized carbons (Fsp3) is 0.200. The second-order valence-corrected chi connectivity index (χ2v) is 5.15. The average Bonchev–Trinajstić information content (AvgIpc) is 2.73. The second kappa shape index (κ2) is 6.53. The van der Waals surface area contributed by atoms with Crippen LogP contribution in [-0.4, -0.2) is 23.9 Å². The molecule has 0 atom stereocenters. The molecule has 1 heterocycles. The first-order valence-corrected chi connectivity index (χ1v) is 6.93. The summed E-state index contributed by atoms with van der Waals surface area (Å²) in [6.07, 6.45) is 1.54. The Bertz CT molecular complexity index is 737. The molecule has 0 unspecified atom stereocenters. The third kappa shape index (κ3) is 3.23. The molecule has 22 heavy (non-hydrogen) atoms. The number of hydrogen-bond acceptors (Lipinski definition) is 3. The maximum Gasteiger partial charge on any atom is 0.332 e. The van der Waals surface area contributed by atoms with Crippen LogP contribution in [0.3, 0.4) is 0 Å². The van der Waals surface area contributed by atoms with Gasteiger partial charge in [-0.3, -0.25) is 0 Å². The van der Waals surface area contributed by atoms with E-state index >= 15 is 0 Å². The van der Waals surface area contributed by atoms with Gasteiger partial charge in [0.2, 0.25) is 0 Å². The molecule has 0 radical (unpaired) electrons. The van der Waals surface area contributed by atoms with Crippen molar-refractivity contribution in [3.8, 4) is 11.4 Å². The molecule has 6 nitrogen and oxygen atoms in total. The highest BCUT2D eigenvalue weighted by atomic mass is 35.5. The lowest BCUT2D eigenvalue weighted by Gasteiger charge is -2.14. The van der Waals surface area contributed by atoms with Crippen LogP contribution in [0.15, 0.2) is 29.4 Å². The summed E-state index contributed by atoms with van der Waals surface area (Å²) in [5.41, 5.74) is 10.8. The third-order valence-electron chi connectivity index (χ3n) is 3.23. The predicted octanol–water partition coefficient (Wildman–Crippen LogP) is 2.76. The number of carbonyl (C=O) groups is 1. The maximum absolute atomic E-state index is 10.7. The number of primary amides is 1. The lowest BCUT2D eigenvalue weighted by Crippen LogP contribution is -2.24. The molecule has 116 valence electrons. The number of hydrazone groups is 1. The standard InChI is InChI=1S/C15H17ClN4O2/c1-9-6-11(8-18-19-15(17)21)10(2)20(9)13-7-12(16)4-5-14(13)22-3/h4-8H,1-3H3,(H3,17,19,21). The van der Waals surface area contributed by atoms with Crippen molar-refractivity contribution in [2.45, 2.75) is 13.8 Å². The van der Waals surface area contributed by atoms with Gasteiger partial charge < -0.3 is 15.0 Å². The zero-order valence-corrected chi connectivity index (χ0v) is 13.3. The van der Waals surface area contributed by atoms with Crippen LogP contribution in [-0.2, 0) is 0 Å². The number of halogens is 1. The number of nitrogens with one attached hydrogen (secondary N) is 1. The van der Waals surface area contributed by atoms with Crippen molar-refractivity contribution in [1.29, 1.82) is 0 Å². The predicted molar refractivity (Wildman–Crippen MR) is 87.1 cm³/mol. The summed E-state index contributed by atoms with van der Waals surface area (Å²) in [5.74, 6) is 0.713. The van der Waals surface area contributed by atoms with Gasteiger partial charge in [0.05, 0.1) is 19.0 Å². The van der Waals surface area contributed by atoms with Crippen molar-refractivity contribution in [3.05, 3.63) is 46.2 Å². The van der Waals surface area contributed by atoms with Crippen LogP contribution in [0.1, 0.15) is 17.0 Å². The number of benzene rings is 1. The minimum absolute atomic E-state index is 0.619. The summed E-state index contributed by atoms with van der Waals surface area (Å²) in [6, 6.07) is 6.67. The zero-order valence-electron chi connectivity index (χ0n) is 12.6. The summed E-state index contributed by atoms with van der Waals surface area (Å²) < 4.78 is 7.41. The van der Waals surface area contributed by atoms with E-state index in [9.17, 15) is 4.79 Å². The van der Waals surface area contributed by atoms with Crippen LogP contribution in [0.25, 0.3) is 5.69 Å². The lowest BCUT2D eigenvalue weighted by atomic mass is 10.2. The normalized spacial score (nSPS) is 10.9. The Morgan fingerprint density at radius 3 is 2.77 bits per heavy atom. The molecule has 1 aromatic heterocycles. The molecule has 0 spiro atoms. The molecule has 0 aliphatic heterocycles. The molecular formula is C15H17ClN4O2. The molecule has 0 saturated heterocycles.